The third-order valence-corrected chi connectivity index (χ3v) is 6.50. The Labute approximate surface area is 136 Å². The van der Waals surface area contributed by atoms with Crippen LogP contribution in [0.25, 0.3) is 0 Å². The monoisotopic (exact) mass is 339 g/mol. The second kappa shape index (κ2) is 5.96. The number of carbonyl (C=O) groups is 2. The molecule has 6 nitrogen and oxygen atoms in total. The van der Waals surface area contributed by atoms with Gasteiger partial charge in [-0.1, -0.05) is 0 Å². The van der Waals surface area contributed by atoms with Crippen LogP contribution < -0.4 is 0 Å². The highest BCUT2D eigenvalue weighted by molar-refractivity contribution is 7.92. The van der Waals surface area contributed by atoms with Crippen LogP contribution in [-0.4, -0.2) is 48.6 Å². The van der Waals surface area contributed by atoms with E-state index in [0.29, 0.717) is 18.5 Å². The van der Waals surface area contributed by atoms with Gasteiger partial charge in [-0.3, -0.25) is 9.59 Å². The first-order chi connectivity index (χ1) is 10.6. The quantitative estimate of drug-likeness (QED) is 0.903. The Bertz CT molecular complexity index is 723. The van der Waals surface area contributed by atoms with Gasteiger partial charge < -0.3 is 10.0 Å². The Kier molecular flexibility index (Phi) is 4.52. The first kappa shape index (κ1) is 17.5. The van der Waals surface area contributed by atoms with Crippen LogP contribution in [0.5, 0.6) is 0 Å². The van der Waals surface area contributed by atoms with Crippen LogP contribution in [-0.2, 0) is 14.6 Å². The molecule has 1 amide bonds. The molecule has 23 heavy (non-hydrogen) atoms. The summed E-state index contributed by atoms with van der Waals surface area (Å²) < 4.78 is 24.1. The van der Waals surface area contributed by atoms with Gasteiger partial charge in [0, 0.05) is 18.7 Å². The number of rotatable bonds is 4. The number of hydrogen-bond donors (Lipinski definition) is 1. The lowest BCUT2D eigenvalue weighted by atomic mass is 9.90. The van der Waals surface area contributed by atoms with Crippen molar-refractivity contribution in [3.8, 4) is 0 Å². The van der Waals surface area contributed by atoms with Gasteiger partial charge in [-0.15, -0.1) is 0 Å². The van der Waals surface area contributed by atoms with Crippen molar-refractivity contribution in [3.63, 3.8) is 0 Å². The molecular formula is C16H21NO5S. The van der Waals surface area contributed by atoms with Gasteiger partial charge in [-0.05, 0) is 51.5 Å². The lowest BCUT2D eigenvalue weighted by molar-refractivity contribution is -0.147. The Morgan fingerprint density at radius 2 is 1.78 bits per heavy atom. The van der Waals surface area contributed by atoms with Crippen LogP contribution in [0.15, 0.2) is 29.2 Å². The molecule has 1 heterocycles. The van der Waals surface area contributed by atoms with Crippen LogP contribution >= 0.6 is 0 Å². The van der Waals surface area contributed by atoms with E-state index >= 15 is 0 Å². The lowest BCUT2D eigenvalue weighted by Gasteiger charge is -2.20. The van der Waals surface area contributed by atoms with Crippen molar-refractivity contribution < 1.29 is 23.1 Å². The normalized spacial score (nSPS) is 21.7. The summed E-state index contributed by atoms with van der Waals surface area (Å²) >= 11 is 0. The first-order valence-corrected chi connectivity index (χ1v) is 8.99. The largest absolute Gasteiger partial charge is 0.481 e. The molecule has 1 aliphatic rings. The molecule has 0 bridgehead atoms. The third-order valence-electron chi connectivity index (χ3n) is 4.33. The highest BCUT2D eigenvalue weighted by Gasteiger charge is 2.42. The van der Waals surface area contributed by atoms with Crippen molar-refractivity contribution in [2.24, 2.45) is 5.41 Å². The zero-order valence-corrected chi connectivity index (χ0v) is 14.3. The molecule has 1 fully saturated rings. The Morgan fingerprint density at radius 1 is 1.22 bits per heavy atom. The Morgan fingerprint density at radius 3 is 2.22 bits per heavy atom. The number of nitrogens with zero attached hydrogens (tertiary/aromatic N) is 1. The minimum absolute atomic E-state index is 0.160. The van der Waals surface area contributed by atoms with E-state index in [9.17, 15) is 23.1 Å². The van der Waals surface area contributed by atoms with Crippen molar-refractivity contribution in [1.29, 1.82) is 0 Å². The minimum Gasteiger partial charge on any atom is -0.481 e. The standard InChI is InChI=1S/C16H21NO5S/c1-11(2)23(21,22)13-6-4-12(5-7-13)14(18)17-9-8-16(3,10-17)15(19)20/h4-7,11H,8-10H2,1-3H3,(H,19,20). The predicted molar refractivity (Wildman–Crippen MR) is 85.0 cm³/mol. The second-order valence-corrected chi connectivity index (χ2v) is 8.96. The van der Waals surface area contributed by atoms with E-state index in [-0.39, 0.29) is 17.3 Å². The van der Waals surface area contributed by atoms with E-state index in [1.54, 1.807) is 20.8 Å². The van der Waals surface area contributed by atoms with Crippen molar-refractivity contribution >= 4 is 21.7 Å². The molecule has 0 spiro atoms. The molecule has 0 aliphatic carbocycles. The maximum absolute atomic E-state index is 12.4. The predicted octanol–water partition coefficient (Wildman–Crippen LogP) is 1.81. The summed E-state index contributed by atoms with van der Waals surface area (Å²) in [5.74, 6) is -1.19. The number of sulfone groups is 1. The van der Waals surface area contributed by atoms with Crippen LogP contribution in [0.4, 0.5) is 0 Å². The molecule has 126 valence electrons. The Hall–Kier alpha value is -1.89. The molecule has 1 saturated heterocycles. The van der Waals surface area contributed by atoms with Crippen molar-refractivity contribution in [2.45, 2.75) is 37.3 Å². The van der Waals surface area contributed by atoms with Crippen molar-refractivity contribution in [1.82, 2.24) is 4.90 Å². The molecule has 2 rings (SSSR count). The van der Waals surface area contributed by atoms with Crippen molar-refractivity contribution in [2.75, 3.05) is 13.1 Å². The number of aliphatic carboxylic acids is 1. The van der Waals surface area contributed by atoms with Gasteiger partial charge in [0.15, 0.2) is 9.84 Å². The van der Waals surface area contributed by atoms with E-state index in [1.807, 2.05) is 0 Å². The number of likely N-dealkylation sites (tertiary alicyclic amines) is 1. The average molecular weight is 339 g/mol. The van der Waals surface area contributed by atoms with Crippen LogP contribution in [0.3, 0.4) is 0 Å². The summed E-state index contributed by atoms with van der Waals surface area (Å²) in [5, 5.41) is 8.69. The van der Waals surface area contributed by atoms with Crippen LogP contribution in [0.1, 0.15) is 37.6 Å². The van der Waals surface area contributed by atoms with Gasteiger partial charge in [0.2, 0.25) is 0 Å². The van der Waals surface area contributed by atoms with E-state index in [1.165, 1.54) is 29.2 Å². The molecule has 1 aliphatic heterocycles. The molecule has 0 radical (unpaired) electrons. The maximum Gasteiger partial charge on any atom is 0.311 e. The highest BCUT2D eigenvalue weighted by atomic mass is 32.2. The number of benzene rings is 1. The molecule has 1 N–H and O–H groups in total. The summed E-state index contributed by atoms with van der Waals surface area (Å²) in [6.07, 6.45) is 0.411. The maximum atomic E-state index is 12.4. The van der Waals surface area contributed by atoms with Gasteiger partial charge in [0.05, 0.1) is 15.6 Å². The topological polar surface area (TPSA) is 91.8 Å². The fourth-order valence-electron chi connectivity index (χ4n) is 2.55. The summed E-state index contributed by atoms with van der Waals surface area (Å²) in [6, 6.07) is 5.81. The van der Waals surface area contributed by atoms with E-state index in [4.69, 9.17) is 0 Å². The van der Waals surface area contributed by atoms with E-state index in [2.05, 4.69) is 0 Å². The smallest absolute Gasteiger partial charge is 0.311 e. The molecule has 1 aromatic carbocycles. The number of amides is 1. The number of carbonyl (C=O) groups excluding carboxylic acids is 1. The second-order valence-electron chi connectivity index (χ2n) is 6.46. The summed E-state index contributed by atoms with van der Waals surface area (Å²) in [4.78, 5) is 25.4. The van der Waals surface area contributed by atoms with Gasteiger partial charge >= 0.3 is 5.97 Å². The first-order valence-electron chi connectivity index (χ1n) is 7.44. The minimum atomic E-state index is -3.37. The van der Waals surface area contributed by atoms with Crippen LogP contribution in [0.2, 0.25) is 0 Å². The van der Waals surface area contributed by atoms with Gasteiger partial charge in [-0.2, -0.15) is 0 Å². The zero-order valence-electron chi connectivity index (χ0n) is 13.4. The zero-order chi connectivity index (χ0) is 17.4. The molecule has 1 unspecified atom stereocenters. The SMILES string of the molecule is CC(C)S(=O)(=O)c1ccc(C(=O)N2CCC(C)(C(=O)O)C2)cc1. The molecule has 0 aromatic heterocycles. The molecule has 1 aromatic rings. The molecule has 0 saturated carbocycles. The van der Waals surface area contributed by atoms with Crippen molar-refractivity contribution in [3.05, 3.63) is 29.8 Å². The van der Waals surface area contributed by atoms with Gasteiger partial charge in [0.25, 0.3) is 5.91 Å². The third kappa shape index (κ3) is 3.24. The summed E-state index contributed by atoms with van der Waals surface area (Å²) in [5.41, 5.74) is -0.557. The summed E-state index contributed by atoms with van der Waals surface area (Å²) in [7, 11) is -3.37. The van der Waals surface area contributed by atoms with Gasteiger partial charge in [-0.25, -0.2) is 8.42 Å². The molecule has 1 atom stereocenters. The lowest BCUT2D eigenvalue weighted by Crippen LogP contribution is -2.34. The fraction of sp³-hybridized carbons (Fsp3) is 0.500. The number of carboxylic acid groups (broad SMARTS) is 1. The number of hydrogen-bond acceptors (Lipinski definition) is 4. The van der Waals surface area contributed by atoms with E-state index in [0.717, 1.165) is 0 Å². The average Bonchev–Trinajstić information content (AvgIpc) is 2.90. The summed E-state index contributed by atoms with van der Waals surface area (Å²) in [6.45, 7) is 5.37. The van der Waals surface area contributed by atoms with Gasteiger partial charge in [0.1, 0.15) is 0 Å². The molecule has 7 heteroatoms. The fourth-order valence-corrected chi connectivity index (χ4v) is 3.61. The van der Waals surface area contributed by atoms with E-state index < -0.39 is 26.5 Å². The highest BCUT2D eigenvalue weighted by Crippen LogP contribution is 2.31. The van der Waals surface area contributed by atoms with Crippen LogP contribution in [0, 0.1) is 5.41 Å². The Balaban J connectivity index is 2.18. The molecular weight excluding hydrogens is 318 g/mol. The number of carboxylic acids is 1.